The van der Waals surface area contributed by atoms with Crippen molar-refractivity contribution in [3.8, 4) is 0 Å². The molecule has 0 amide bonds. The Bertz CT molecular complexity index is 442. The number of benzene rings is 1. The van der Waals surface area contributed by atoms with Gasteiger partial charge < -0.3 is 9.47 Å². The highest BCUT2D eigenvalue weighted by atomic mass is 79.9. The Morgan fingerprint density at radius 1 is 1.35 bits per heavy atom. The third-order valence-electron chi connectivity index (χ3n) is 2.87. The van der Waals surface area contributed by atoms with Crippen LogP contribution < -0.4 is 0 Å². The maximum atomic E-state index is 13.3. The van der Waals surface area contributed by atoms with Crippen LogP contribution in [0.2, 0.25) is 0 Å². The molecule has 1 aromatic rings. The predicted molar refractivity (Wildman–Crippen MR) is 77.9 cm³/mol. The van der Waals surface area contributed by atoms with Gasteiger partial charge in [0.15, 0.2) is 0 Å². The van der Waals surface area contributed by atoms with E-state index in [1.165, 1.54) is 19.2 Å². The van der Waals surface area contributed by atoms with Crippen LogP contribution in [0.5, 0.6) is 0 Å². The summed E-state index contributed by atoms with van der Waals surface area (Å²) in [5.74, 6) is -0.534. The minimum absolute atomic E-state index is 0.259. The van der Waals surface area contributed by atoms with Crippen LogP contribution in [0.1, 0.15) is 12.0 Å². The van der Waals surface area contributed by atoms with Crippen LogP contribution in [0.4, 0.5) is 4.39 Å². The summed E-state index contributed by atoms with van der Waals surface area (Å²) in [6, 6.07) is 4.57. The van der Waals surface area contributed by atoms with E-state index in [1.807, 2.05) is 4.90 Å². The van der Waals surface area contributed by atoms with Gasteiger partial charge in [0.25, 0.3) is 0 Å². The molecular weight excluding hydrogens is 329 g/mol. The fourth-order valence-electron chi connectivity index (χ4n) is 1.75. The molecule has 112 valence electrons. The van der Waals surface area contributed by atoms with Crippen LogP contribution >= 0.6 is 15.9 Å². The van der Waals surface area contributed by atoms with Crippen molar-refractivity contribution in [2.45, 2.75) is 13.0 Å². The van der Waals surface area contributed by atoms with Crippen molar-refractivity contribution in [3.05, 3.63) is 34.1 Å². The van der Waals surface area contributed by atoms with Crippen molar-refractivity contribution >= 4 is 21.9 Å². The van der Waals surface area contributed by atoms with Crippen LogP contribution in [-0.4, -0.2) is 44.8 Å². The van der Waals surface area contributed by atoms with E-state index >= 15 is 0 Å². The normalized spacial score (nSPS) is 10.8. The Kier molecular flexibility index (Phi) is 7.72. The number of nitrogens with zero attached hydrogens (tertiary/aromatic N) is 1. The van der Waals surface area contributed by atoms with Crippen molar-refractivity contribution < 1.29 is 18.7 Å². The number of hydrogen-bond acceptors (Lipinski definition) is 4. The van der Waals surface area contributed by atoms with Gasteiger partial charge in [-0.3, -0.25) is 9.69 Å². The van der Waals surface area contributed by atoms with Gasteiger partial charge in [0.1, 0.15) is 5.82 Å². The van der Waals surface area contributed by atoms with Crippen LogP contribution in [0.3, 0.4) is 0 Å². The largest absolute Gasteiger partial charge is 0.469 e. The molecule has 0 aliphatic heterocycles. The Morgan fingerprint density at radius 3 is 2.75 bits per heavy atom. The number of rotatable bonds is 8. The second kappa shape index (κ2) is 9.05. The molecule has 0 fully saturated rings. The molecule has 0 N–H and O–H groups in total. The molecule has 0 aliphatic carbocycles. The van der Waals surface area contributed by atoms with E-state index in [1.54, 1.807) is 13.2 Å². The number of carbonyl (C=O) groups is 1. The van der Waals surface area contributed by atoms with Crippen molar-refractivity contribution in [1.82, 2.24) is 4.90 Å². The highest BCUT2D eigenvalue weighted by Gasteiger charge is 2.11. The maximum Gasteiger partial charge on any atom is 0.306 e. The lowest BCUT2D eigenvalue weighted by atomic mass is 10.2. The number of hydrogen-bond donors (Lipinski definition) is 0. The van der Waals surface area contributed by atoms with Crippen molar-refractivity contribution in [3.63, 3.8) is 0 Å². The molecule has 0 unspecified atom stereocenters. The van der Waals surface area contributed by atoms with E-state index in [9.17, 15) is 9.18 Å². The summed E-state index contributed by atoms with van der Waals surface area (Å²) in [6.07, 6.45) is 0.299. The molecule has 0 heterocycles. The summed E-state index contributed by atoms with van der Waals surface area (Å²) in [4.78, 5) is 13.2. The Morgan fingerprint density at radius 2 is 2.10 bits per heavy atom. The van der Waals surface area contributed by atoms with Crippen molar-refractivity contribution in [2.75, 3.05) is 33.9 Å². The molecule has 6 heteroatoms. The monoisotopic (exact) mass is 347 g/mol. The molecule has 0 bridgehead atoms. The number of carbonyl (C=O) groups excluding carboxylic acids is 1. The van der Waals surface area contributed by atoms with Gasteiger partial charge in [-0.25, -0.2) is 4.39 Å². The Balaban J connectivity index is 2.67. The van der Waals surface area contributed by atoms with Crippen molar-refractivity contribution in [1.29, 1.82) is 0 Å². The van der Waals surface area contributed by atoms with E-state index in [0.717, 1.165) is 10.0 Å². The Hall–Kier alpha value is -0.980. The average molecular weight is 348 g/mol. The molecule has 20 heavy (non-hydrogen) atoms. The highest BCUT2D eigenvalue weighted by Crippen LogP contribution is 2.19. The van der Waals surface area contributed by atoms with Gasteiger partial charge in [0.2, 0.25) is 0 Å². The number of ether oxygens (including phenoxy) is 2. The standard InChI is InChI=1S/C14H19BrFNO3/c1-19-8-7-17(6-5-14(18)20-2)10-11-9-12(16)3-4-13(11)15/h3-4,9H,5-8,10H2,1-2H3. The van der Waals surface area contributed by atoms with Gasteiger partial charge in [-0.15, -0.1) is 0 Å². The zero-order valence-corrected chi connectivity index (χ0v) is 13.3. The summed E-state index contributed by atoms with van der Waals surface area (Å²) in [5, 5.41) is 0. The zero-order valence-electron chi connectivity index (χ0n) is 11.7. The summed E-state index contributed by atoms with van der Waals surface area (Å²) in [7, 11) is 2.99. The second-order valence-electron chi connectivity index (χ2n) is 4.33. The van der Waals surface area contributed by atoms with Gasteiger partial charge in [0.05, 0.1) is 20.1 Å². The number of esters is 1. The van der Waals surface area contributed by atoms with E-state index in [0.29, 0.717) is 32.7 Å². The van der Waals surface area contributed by atoms with Crippen LogP contribution in [0.25, 0.3) is 0 Å². The van der Waals surface area contributed by atoms with Crippen LogP contribution in [0, 0.1) is 5.82 Å². The number of methoxy groups -OCH3 is 2. The minimum atomic E-state index is -0.275. The SMILES string of the molecule is COCCN(CCC(=O)OC)Cc1cc(F)ccc1Br. The minimum Gasteiger partial charge on any atom is -0.469 e. The van der Waals surface area contributed by atoms with E-state index in [-0.39, 0.29) is 11.8 Å². The topological polar surface area (TPSA) is 38.8 Å². The van der Waals surface area contributed by atoms with Gasteiger partial charge >= 0.3 is 5.97 Å². The van der Waals surface area contributed by atoms with Gasteiger partial charge in [-0.2, -0.15) is 0 Å². The highest BCUT2D eigenvalue weighted by molar-refractivity contribution is 9.10. The predicted octanol–water partition coefficient (Wildman–Crippen LogP) is 2.60. The molecule has 0 saturated carbocycles. The first kappa shape index (κ1) is 17.1. The summed E-state index contributed by atoms with van der Waals surface area (Å²) in [5.41, 5.74) is 0.839. The van der Waals surface area contributed by atoms with Gasteiger partial charge in [0, 0.05) is 31.2 Å². The molecule has 0 atom stereocenters. The lowest BCUT2D eigenvalue weighted by molar-refractivity contribution is -0.141. The maximum absolute atomic E-state index is 13.3. The Labute approximate surface area is 127 Å². The zero-order chi connectivity index (χ0) is 15.0. The van der Waals surface area contributed by atoms with Crippen molar-refractivity contribution in [2.24, 2.45) is 0 Å². The van der Waals surface area contributed by atoms with Gasteiger partial charge in [-0.1, -0.05) is 15.9 Å². The van der Waals surface area contributed by atoms with Gasteiger partial charge in [-0.05, 0) is 23.8 Å². The molecular formula is C14H19BrFNO3. The number of halogens is 2. The van der Waals surface area contributed by atoms with E-state index in [2.05, 4.69) is 20.7 Å². The van der Waals surface area contributed by atoms with Crippen LogP contribution in [0.15, 0.2) is 22.7 Å². The molecule has 0 saturated heterocycles. The van der Waals surface area contributed by atoms with Crippen LogP contribution in [-0.2, 0) is 20.8 Å². The summed E-state index contributed by atoms with van der Waals surface area (Å²) >= 11 is 3.40. The lowest BCUT2D eigenvalue weighted by Gasteiger charge is -2.22. The molecule has 0 spiro atoms. The molecule has 4 nitrogen and oxygen atoms in total. The first-order chi connectivity index (χ1) is 9.56. The quantitative estimate of drug-likeness (QED) is 0.677. The second-order valence-corrected chi connectivity index (χ2v) is 5.19. The molecule has 1 aromatic carbocycles. The molecule has 0 aromatic heterocycles. The van der Waals surface area contributed by atoms with E-state index in [4.69, 9.17) is 4.74 Å². The first-order valence-electron chi connectivity index (χ1n) is 6.29. The molecule has 0 radical (unpaired) electrons. The first-order valence-corrected chi connectivity index (χ1v) is 7.08. The molecule has 0 aliphatic rings. The molecule has 1 rings (SSSR count). The smallest absolute Gasteiger partial charge is 0.306 e. The van der Waals surface area contributed by atoms with E-state index < -0.39 is 0 Å². The fraction of sp³-hybridized carbons (Fsp3) is 0.500. The third-order valence-corrected chi connectivity index (χ3v) is 3.65. The lowest BCUT2D eigenvalue weighted by Crippen LogP contribution is -2.29. The average Bonchev–Trinajstić information content (AvgIpc) is 2.45. The third kappa shape index (κ3) is 5.98. The fourth-order valence-corrected chi connectivity index (χ4v) is 2.12. The summed E-state index contributed by atoms with van der Waals surface area (Å²) in [6.45, 7) is 2.29. The summed E-state index contributed by atoms with van der Waals surface area (Å²) < 4.78 is 23.8.